The Morgan fingerprint density at radius 3 is 2.66 bits per heavy atom. The van der Waals surface area contributed by atoms with Crippen LogP contribution in [0.3, 0.4) is 0 Å². The molecule has 0 spiro atoms. The smallest absolute Gasteiger partial charge is 0.465 e. The van der Waals surface area contributed by atoms with E-state index in [4.69, 9.17) is 39.9 Å². The van der Waals surface area contributed by atoms with Crippen LogP contribution in [0.5, 0.6) is 0 Å². The van der Waals surface area contributed by atoms with E-state index in [1.807, 2.05) is 18.9 Å². The third-order valence-electron chi connectivity index (χ3n) is 7.15. The first-order chi connectivity index (χ1) is 19.5. The number of aromatic nitrogens is 2. The second kappa shape index (κ2) is 14.1. The molecule has 41 heavy (non-hydrogen) atoms. The van der Waals surface area contributed by atoms with Gasteiger partial charge in [0, 0.05) is 26.7 Å². The van der Waals surface area contributed by atoms with Crippen molar-refractivity contribution >= 4 is 29.4 Å². The maximum Gasteiger partial charge on any atom is 0.510 e. The van der Waals surface area contributed by atoms with Gasteiger partial charge in [0.15, 0.2) is 18.4 Å². The van der Waals surface area contributed by atoms with Crippen LogP contribution in [0, 0.1) is 5.41 Å². The summed E-state index contributed by atoms with van der Waals surface area (Å²) in [5.41, 5.74) is 11.6. The fourth-order valence-electron chi connectivity index (χ4n) is 4.57. The fourth-order valence-corrected chi connectivity index (χ4v) is 4.57. The number of likely N-dealkylation sites (N-methyl/N-ethyl adjacent to an activating group) is 1. The normalized spacial score (nSPS) is 23.7. The number of hydrogen-bond donors (Lipinski definition) is 3. The molecule has 1 aliphatic heterocycles. The van der Waals surface area contributed by atoms with E-state index in [1.54, 1.807) is 26.8 Å². The van der Waals surface area contributed by atoms with E-state index in [2.05, 4.69) is 21.9 Å². The lowest BCUT2D eigenvalue weighted by molar-refractivity contribution is -0.168. The topological polar surface area (TPSA) is 186 Å². The van der Waals surface area contributed by atoms with Crippen molar-refractivity contribution in [1.29, 1.82) is 0 Å². The van der Waals surface area contributed by atoms with E-state index in [9.17, 15) is 9.59 Å². The van der Waals surface area contributed by atoms with Crippen molar-refractivity contribution in [2.75, 3.05) is 56.5 Å². The van der Waals surface area contributed by atoms with Crippen LogP contribution in [0.25, 0.3) is 0 Å². The molecule has 1 aliphatic carbocycles. The van der Waals surface area contributed by atoms with Crippen LogP contribution in [0.15, 0.2) is 19.0 Å². The number of nitrogens with one attached hydrogen (secondary N) is 1. The first kappa shape index (κ1) is 32.3. The van der Waals surface area contributed by atoms with E-state index in [-0.39, 0.29) is 36.9 Å². The molecule has 14 nitrogen and oxygen atoms in total. The number of carbonyl (C=O) groups is 2. The highest BCUT2D eigenvalue weighted by atomic mass is 16.9. The molecule has 5 N–H and O–H groups in total. The lowest BCUT2D eigenvalue weighted by Crippen LogP contribution is -2.44. The van der Waals surface area contributed by atoms with Crippen LogP contribution < -0.4 is 21.7 Å². The van der Waals surface area contributed by atoms with Crippen LogP contribution in [0.2, 0.25) is 0 Å². The number of anilines is 3. The molecule has 0 bridgehead atoms. The molecule has 5 atom stereocenters. The second-order valence-electron chi connectivity index (χ2n) is 10.5. The fraction of sp³-hybridized carbons (Fsp3) is 0.704. The number of fused-ring (bicyclic) bond motifs is 1. The molecule has 0 amide bonds. The van der Waals surface area contributed by atoms with E-state index in [0.717, 1.165) is 12.8 Å². The SMILES string of the molecule is C=CC(CN(C)c1ncnc(N)c1N)OCCC1(CNC(C)C(=O)OCCCC)C2OC21OCOC(=O)OC(C)C. The van der Waals surface area contributed by atoms with Gasteiger partial charge in [-0.3, -0.25) is 4.79 Å². The van der Waals surface area contributed by atoms with Crippen LogP contribution in [-0.4, -0.2) is 92.4 Å². The van der Waals surface area contributed by atoms with E-state index in [1.165, 1.54) is 6.33 Å². The van der Waals surface area contributed by atoms with Crippen LogP contribution in [-0.2, 0) is 33.2 Å². The number of nitrogens with zero attached hydrogens (tertiary/aromatic N) is 3. The van der Waals surface area contributed by atoms with Crippen LogP contribution in [0.1, 0.15) is 47.0 Å². The zero-order valence-electron chi connectivity index (χ0n) is 24.6. The van der Waals surface area contributed by atoms with Crippen molar-refractivity contribution in [3.8, 4) is 0 Å². The van der Waals surface area contributed by atoms with Crippen LogP contribution in [0.4, 0.5) is 22.1 Å². The molecule has 1 saturated heterocycles. The van der Waals surface area contributed by atoms with Crippen molar-refractivity contribution in [3.05, 3.63) is 19.0 Å². The minimum absolute atomic E-state index is 0.204. The number of epoxide rings is 1. The van der Waals surface area contributed by atoms with E-state index >= 15 is 0 Å². The maximum atomic E-state index is 12.4. The van der Waals surface area contributed by atoms with Gasteiger partial charge < -0.3 is 50.1 Å². The monoisotopic (exact) mass is 580 g/mol. The van der Waals surface area contributed by atoms with Gasteiger partial charge in [0.2, 0.25) is 5.79 Å². The number of unbranched alkanes of at least 4 members (excludes halogenated alkanes) is 1. The molecule has 230 valence electrons. The van der Waals surface area contributed by atoms with Gasteiger partial charge in [-0.15, -0.1) is 6.58 Å². The highest BCUT2D eigenvalue weighted by Gasteiger charge is 2.94. The Kier molecular flexibility index (Phi) is 11.1. The summed E-state index contributed by atoms with van der Waals surface area (Å²) in [5.74, 6) is -0.570. The lowest BCUT2D eigenvalue weighted by atomic mass is 9.98. The Morgan fingerprint density at radius 1 is 1.24 bits per heavy atom. The summed E-state index contributed by atoms with van der Waals surface area (Å²) in [6.45, 7) is 12.3. The molecule has 2 heterocycles. The first-order valence-electron chi connectivity index (χ1n) is 13.9. The standard InChI is InChI=1S/C27H44N6O8/c1-7-9-11-37-23(34)18(5)30-14-26(24-27(26,41-24)39-16-38-25(35)40-17(3)4)10-12-36-19(8-2)13-33(6)22-20(28)21(29)31-15-32-22/h8,15,17-19,24,30H,2,7,9-14,16,28H2,1,3-6H3,(H2,29,31,32). The van der Waals surface area contributed by atoms with Gasteiger partial charge >= 0.3 is 12.1 Å². The van der Waals surface area contributed by atoms with Gasteiger partial charge in [0.05, 0.1) is 24.2 Å². The van der Waals surface area contributed by atoms with Crippen molar-refractivity contribution in [2.45, 2.75) is 77.1 Å². The molecule has 1 saturated carbocycles. The summed E-state index contributed by atoms with van der Waals surface area (Å²) in [6, 6.07) is -0.528. The molecule has 1 aromatic rings. The summed E-state index contributed by atoms with van der Waals surface area (Å²) >= 11 is 0. The second-order valence-corrected chi connectivity index (χ2v) is 10.5. The van der Waals surface area contributed by atoms with Gasteiger partial charge in [-0.2, -0.15) is 0 Å². The minimum Gasteiger partial charge on any atom is -0.465 e. The number of rotatable bonds is 19. The number of hydrogen-bond acceptors (Lipinski definition) is 14. The summed E-state index contributed by atoms with van der Waals surface area (Å²) < 4.78 is 33.1. The predicted octanol–water partition coefficient (Wildman–Crippen LogP) is 1.99. The quantitative estimate of drug-likeness (QED) is 0.0709. The number of carbonyl (C=O) groups excluding carboxylic acids is 2. The molecule has 14 heteroatoms. The Labute approximate surface area is 241 Å². The van der Waals surface area contributed by atoms with Crippen molar-refractivity contribution in [3.63, 3.8) is 0 Å². The van der Waals surface area contributed by atoms with Gasteiger partial charge in [-0.05, 0) is 33.6 Å². The number of nitrogen functional groups attached to an aromatic ring is 2. The van der Waals surface area contributed by atoms with Crippen molar-refractivity contribution in [1.82, 2.24) is 15.3 Å². The Hall–Kier alpha value is -3.20. The average molecular weight is 581 g/mol. The van der Waals surface area contributed by atoms with Gasteiger partial charge in [-0.1, -0.05) is 19.4 Å². The Morgan fingerprint density at radius 2 is 2.00 bits per heavy atom. The highest BCUT2D eigenvalue weighted by Crippen LogP contribution is 2.76. The maximum absolute atomic E-state index is 12.4. The highest BCUT2D eigenvalue weighted by molar-refractivity contribution is 5.75. The number of esters is 1. The van der Waals surface area contributed by atoms with E-state index < -0.39 is 23.4 Å². The zero-order chi connectivity index (χ0) is 30.2. The summed E-state index contributed by atoms with van der Waals surface area (Å²) in [7, 11) is 1.82. The zero-order valence-corrected chi connectivity index (χ0v) is 24.6. The third-order valence-corrected chi connectivity index (χ3v) is 7.15. The Bertz CT molecular complexity index is 1060. The third kappa shape index (κ3) is 7.76. The number of ether oxygens (including phenoxy) is 6. The van der Waals surface area contributed by atoms with Gasteiger partial charge in [0.25, 0.3) is 0 Å². The van der Waals surface area contributed by atoms with Crippen LogP contribution >= 0.6 is 0 Å². The molecule has 5 unspecified atom stereocenters. The molecule has 0 radical (unpaired) electrons. The predicted molar refractivity (Wildman–Crippen MR) is 151 cm³/mol. The van der Waals surface area contributed by atoms with E-state index in [0.29, 0.717) is 44.2 Å². The van der Waals surface area contributed by atoms with Crippen molar-refractivity contribution in [2.24, 2.45) is 5.41 Å². The first-order valence-corrected chi connectivity index (χ1v) is 13.9. The van der Waals surface area contributed by atoms with Crippen molar-refractivity contribution < 1.29 is 38.0 Å². The molecular weight excluding hydrogens is 536 g/mol. The minimum atomic E-state index is -0.944. The van der Waals surface area contributed by atoms with Gasteiger partial charge in [-0.25, -0.2) is 14.8 Å². The summed E-state index contributed by atoms with van der Waals surface area (Å²) in [5, 5.41) is 3.25. The summed E-state index contributed by atoms with van der Waals surface area (Å²) in [4.78, 5) is 34.1. The summed E-state index contributed by atoms with van der Waals surface area (Å²) in [6.07, 6.45) is 3.59. The molecule has 3 rings (SSSR count). The number of nitrogens with two attached hydrogens (primary N) is 2. The molecule has 0 aromatic carbocycles. The molecule has 2 aliphatic rings. The average Bonchev–Trinajstić information content (AvgIpc) is 3.79. The molecule has 1 aromatic heterocycles. The molecular formula is C27H44N6O8. The molecule has 2 fully saturated rings. The lowest BCUT2D eigenvalue weighted by Gasteiger charge is -2.29. The Balaban J connectivity index is 1.57. The largest absolute Gasteiger partial charge is 0.510 e. The van der Waals surface area contributed by atoms with Gasteiger partial charge in [0.1, 0.15) is 24.2 Å².